The van der Waals surface area contributed by atoms with E-state index in [-0.39, 0.29) is 5.63 Å². The van der Waals surface area contributed by atoms with Crippen molar-refractivity contribution in [2.24, 2.45) is 0 Å². The molecule has 0 saturated carbocycles. The molecule has 0 amide bonds. The fraction of sp³-hybridized carbons (Fsp3) is 0.458. The minimum atomic E-state index is -1.34. The molecule has 30 heavy (non-hydrogen) atoms. The summed E-state index contributed by atoms with van der Waals surface area (Å²) in [5.41, 5.74) is 0.908. The van der Waals surface area contributed by atoms with E-state index in [1.807, 2.05) is 38.1 Å². The van der Waals surface area contributed by atoms with Crippen molar-refractivity contribution in [3.63, 3.8) is 0 Å². The average Bonchev–Trinajstić information content (AvgIpc) is 2.66. The van der Waals surface area contributed by atoms with Gasteiger partial charge in [0.2, 0.25) is 0 Å². The van der Waals surface area contributed by atoms with Crippen LogP contribution in [0.5, 0.6) is 5.75 Å². The van der Waals surface area contributed by atoms with Gasteiger partial charge in [0, 0.05) is 17.5 Å². The van der Waals surface area contributed by atoms with E-state index in [0.717, 1.165) is 23.8 Å². The van der Waals surface area contributed by atoms with Crippen molar-refractivity contribution in [2.75, 3.05) is 6.61 Å². The number of hydrogen-bond donors (Lipinski definition) is 3. The molecule has 2 rings (SSSR count). The van der Waals surface area contributed by atoms with Crippen molar-refractivity contribution < 1.29 is 24.5 Å². The van der Waals surface area contributed by atoms with Gasteiger partial charge in [0.25, 0.3) is 0 Å². The number of aliphatic hydroxyl groups excluding tert-OH is 2. The maximum atomic E-state index is 11.3. The van der Waals surface area contributed by atoms with Crippen LogP contribution in [0.3, 0.4) is 0 Å². The van der Waals surface area contributed by atoms with Gasteiger partial charge in [-0.15, -0.1) is 0 Å². The van der Waals surface area contributed by atoms with E-state index in [1.165, 1.54) is 25.5 Å². The largest absolute Gasteiger partial charge is 0.489 e. The highest BCUT2D eigenvalue weighted by molar-refractivity contribution is 5.77. The van der Waals surface area contributed by atoms with Crippen LogP contribution in [-0.2, 0) is 0 Å². The Morgan fingerprint density at radius 3 is 2.53 bits per heavy atom. The third kappa shape index (κ3) is 7.44. The van der Waals surface area contributed by atoms with Crippen LogP contribution in [0.25, 0.3) is 11.0 Å². The third-order valence-corrected chi connectivity index (χ3v) is 4.93. The molecule has 0 fully saturated rings. The van der Waals surface area contributed by atoms with Crippen LogP contribution in [-0.4, -0.2) is 39.7 Å². The molecule has 0 spiro atoms. The van der Waals surface area contributed by atoms with Crippen LogP contribution in [0, 0.1) is 0 Å². The Morgan fingerprint density at radius 2 is 1.83 bits per heavy atom. The van der Waals surface area contributed by atoms with Gasteiger partial charge in [-0.1, -0.05) is 17.2 Å². The lowest BCUT2D eigenvalue weighted by Gasteiger charge is -2.28. The van der Waals surface area contributed by atoms with Gasteiger partial charge in [-0.3, -0.25) is 0 Å². The summed E-state index contributed by atoms with van der Waals surface area (Å²) in [6.07, 6.45) is 3.80. The smallest absolute Gasteiger partial charge is 0.336 e. The Morgan fingerprint density at radius 1 is 1.13 bits per heavy atom. The normalized spacial score (nSPS) is 15.3. The predicted molar refractivity (Wildman–Crippen MR) is 118 cm³/mol. The summed E-state index contributed by atoms with van der Waals surface area (Å²) in [5, 5.41) is 30.6. The second-order valence-corrected chi connectivity index (χ2v) is 8.27. The van der Waals surface area contributed by atoms with Gasteiger partial charge in [0.05, 0.1) is 11.7 Å². The number of ether oxygens (including phenoxy) is 1. The molecule has 2 atom stereocenters. The molecule has 0 aliphatic rings. The zero-order chi connectivity index (χ0) is 22.3. The summed E-state index contributed by atoms with van der Waals surface area (Å²) in [5.74, 6) is 0.635. The van der Waals surface area contributed by atoms with E-state index in [4.69, 9.17) is 9.15 Å². The topological polar surface area (TPSA) is 100 Å². The average molecular weight is 417 g/mol. The third-order valence-electron chi connectivity index (χ3n) is 4.93. The molecule has 6 nitrogen and oxygen atoms in total. The van der Waals surface area contributed by atoms with E-state index in [9.17, 15) is 20.1 Å². The van der Waals surface area contributed by atoms with Gasteiger partial charge >= 0.3 is 5.63 Å². The number of hydrogen-bond acceptors (Lipinski definition) is 6. The number of rotatable bonds is 10. The Hall–Kier alpha value is -2.41. The maximum Gasteiger partial charge on any atom is 0.336 e. The molecule has 1 heterocycles. The molecule has 0 aliphatic carbocycles. The molecule has 3 N–H and O–H groups in total. The standard InChI is InChI=1S/C24H32O6/c1-16(6-5-7-17(2)14-20(25)23(27)24(3,4)28)12-13-29-19-10-8-18-9-11-22(26)30-21(18)15-19/h7-12,15,20,23,25,27-28H,5-6,13-14H2,1-4H3/t20-,23-/m1/s1. The van der Waals surface area contributed by atoms with Crippen molar-refractivity contribution in [1.82, 2.24) is 0 Å². The SMILES string of the molecule is CC(=CCOc1ccc2ccc(=O)oc2c1)CCC=C(C)C[C@@H](O)[C@@H](O)C(C)(C)O. The van der Waals surface area contributed by atoms with E-state index < -0.39 is 17.8 Å². The van der Waals surface area contributed by atoms with E-state index in [0.29, 0.717) is 24.4 Å². The van der Waals surface area contributed by atoms with Crippen LogP contribution >= 0.6 is 0 Å². The van der Waals surface area contributed by atoms with Crippen LogP contribution < -0.4 is 10.4 Å². The fourth-order valence-electron chi connectivity index (χ4n) is 3.05. The number of fused-ring (bicyclic) bond motifs is 1. The highest BCUT2D eigenvalue weighted by atomic mass is 16.5. The minimum absolute atomic E-state index is 0.315. The maximum absolute atomic E-state index is 11.3. The highest BCUT2D eigenvalue weighted by Crippen LogP contribution is 2.20. The van der Waals surface area contributed by atoms with Gasteiger partial charge in [-0.2, -0.15) is 0 Å². The highest BCUT2D eigenvalue weighted by Gasteiger charge is 2.30. The van der Waals surface area contributed by atoms with Gasteiger partial charge < -0.3 is 24.5 Å². The predicted octanol–water partition coefficient (Wildman–Crippen LogP) is 3.73. The van der Waals surface area contributed by atoms with Gasteiger partial charge in [0.15, 0.2) is 0 Å². The lowest BCUT2D eigenvalue weighted by atomic mass is 9.93. The zero-order valence-electron chi connectivity index (χ0n) is 18.1. The lowest BCUT2D eigenvalue weighted by molar-refractivity contribution is -0.105. The summed E-state index contributed by atoms with van der Waals surface area (Å²) >= 11 is 0. The molecule has 0 saturated heterocycles. The lowest BCUT2D eigenvalue weighted by Crippen LogP contribution is -2.44. The molecular formula is C24H32O6. The van der Waals surface area contributed by atoms with Crippen molar-refractivity contribution in [2.45, 2.75) is 64.8 Å². The summed E-state index contributed by atoms with van der Waals surface area (Å²) in [6, 6.07) is 8.50. The number of allylic oxidation sites excluding steroid dienone is 2. The quantitative estimate of drug-likeness (QED) is 0.403. The number of benzene rings is 1. The second kappa shape index (κ2) is 10.6. The van der Waals surface area contributed by atoms with Crippen LogP contribution in [0.1, 0.15) is 47.0 Å². The Kier molecular flexibility index (Phi) is 8.41. The van der Waals surface area contributed by atoms with Gasteiger partial charge in [-0.05, 0) is 71.2 Å². The minimum Gasteiger partial charge on any atom is -0.489 e. The summed E-state index contributed by atoms with van der Waals surface area (Å²) < 4.78 is 10.9. The number of aliphatic hydroxyl groups is 3. The van der Waals surface area contributed by atoms with Crippen molar-refractivity contribution >= 4 is 11.0 Å². The second-order valence-electron chi connectivity index (χ2n) is 8.27. The molecule has 0 aliphatic heterocycles. The molecule has 0 bridgehead atoms. The molecule has 164 valence electrons. The first-order valence-corrected chi connectivity index (χ1v) is 10.1. The molecule has 0 radical (unpaired) electrons. The van der Waals surface area contributed by atoms with Crippen LogP contribution in [0.2, 0.25) is 0 Å². The van der Waals surface area contributed by atoms with E-state index in [2.05, 4.69) is 0 Å². The Balaban J connectivity index is 1.80. The van der Waals surface area contributed by atoms with Crippen molar-refractivity contribution in [3.8, 4) is 5.75 Å². The Labute approximate surface area is 177 Å². The first kappa shape index (κ1) is 23.9. The molecule has 6 heteroatoms. The molecule has 1 aromatic heterocycles. The molecule has 2 aromatic rings. The summed E-state index contributed by atoms with van der Waals surface area (Å²) in [6.45, 7) is 7.29. The van der Waals surface area contributed by atoms with Gasteiger partial charge in [-0.25, -0.2) is 4.79 Å². The van der Waals surface area contributed by atoms with E-state index in [1.54, 1.807) is 12.1 Å². The van der Waals surface area contributed by atoms with Crippen LogP contribution in [0.4, 0.5) is 0 Å². The first-order chi connectivity index (χ1) is 14.1. The Bertz CT molecular complexity index is 948. The van der Waals surface area contributed by atoms with Gasteiger partial charge in [0.1, 0.15) is 24.0 Å². The first-order valence-electron chi connectivity index (χ1n) is 10.1. The van der Waals surface area contributed by atoms with E-state index >= 15 is 0 Å². The van der Waals surface area contributed by atoms with Crippen LogP contribution in [0.15, 0.2) is 62.8 Å². The van der Waals surface area contributed by atoms with Crippen molar-refractivity contribution in [3.05, 3.63) is 64.1 Å². The fourth-order valence-corrected chi connectivity index (χ4v) is 3.05. The summed E-state index contributed by atoms with van der Waals surface area (Å²) in [4.78, 5) is 11.3. The molecular weight excluding hydrogens is 384 g/mol. The monoisotopic (exact) mass is 416 g/mol. The zero-order valence-corrected chi connectivity index (χ0v) is 18.1. The summed E-state index contributed by atoms with van der Waals surface area (Å²) in [7, 11) is 0. The molecule has 1 aromatic carbocycles. The molecule has 0 unspecified atom stereocenters. The van der Waals surface area contributed by atoms with Crippen molar-refractivity contribution in [1.29, 1.82) is 0 Å².